The molecule has 1 aromatic rings. The largest absolute Gasteiger partial charge is 0.463 e. The molecule has 104 valence electrons. The van der Waals surface area contributed by atoms with Crippen LogP contribution in [-0.4, -0.2) is 30.8 Å². The van der Waals surface area contributed by atoms with Crippen LogP contribution in [0, 0.1) is 0 Å². The molecule has 1 aromatic carbocycles. The maximum atomic E-state index is 11.1. The molecule has 0 aliphatic carbocycles. The minimum absolute atomic E-state index is 0.0236. The Labute approximate surface area is 114 Å². The van der Waals surface area contributed by atoms with Gasteiger partial charge < -0.3 is 15.2 Å². The van der Waals surface area contributed by atoms with E-state index in [1.807, 2.05) is 37.3 Å². The van der Waals surface area contributed by atoms with E-state index >= 15 is 0 Å². The van der Waals surface area contributed by atoms with Crippen LogP contribution in [0.4, 0.5) is 0 Å². The molecular weight excluding hydrogens is 242 g/mol. The van der Waals surface area contributed by atoms with Gasteiger partial charge in [-0.15, -0.1) is 0 Å². The average Bonchev–Trinajstić information content (AvgIpc) is 2.44. The molecule has 0 saturated carbocycles. The lowest BCUT2D eigenvalue weighted by Gasteiger charge is -2.29. The van der Waals surface area contributed by atoms with Gasteiger partial charge in [0, 0.05) is 12.6 Å². The maximum absolute atomic E-state index is 11.1. The van der Waals surface area contributed by atoms with Gasteiger partial charge in [0.15, 0.2) is 0 Å². The van der Waals surface area contributed by atoms with Gasteiger partial charge in [0.25, 0.3) is 0 Å². The van der Waals surface area contributed by atoms with Gasteiger partial charge in [-0.2, -0.15) is 0 Å². The lowest BCUT2D eigenvalue weighted by molar-refractivity contribution is -0.137. The Morgan fingerprint density at radius 2 is 2.11 bits per heavy atom. The second-order valence-electron chi connectivity index (χ2n) is 4.39. The van der Waals surface area contributed by atoms with Crippen molar-refractivity contribution in [2.75, 3.05) is 19.8 Å². The number of hydrogen-bond donors (Lipinski definition) is 2. The molecule has 0 aliphatic rings. The number of ether oxygens (including phenoxy) is 1. The summed E-state index contributed by atoms with van der Waals surface area (Å²) in [6, 6.07) is 9.71. The number of benzene rings is 1. The van der Waals surface area contributed by atoms with Gasteiger partial charge >= 0.3 is 5.97 Å². The van der Waals surface area contributed by atoms with Crippen molar-refractivity contribution in [1.29, 1.82) is 0 Å². The van der Waals surface area contributed by atoms with Gasteiger partial charge in [-0.25, -0.2) is 4.79 Å². The first-order chi connectivity index (χ1) is 9.12. The molecule has 0 bridgehead atoms. The molecule has 4 heteroatoms. The first-order valence-corrected chi connectivity index (χ1v) is 6.37. The molecule has 0 amide bonds. The molecule has 1 rings (SSSR count). The average molecular weight is 263 g/mol. The summed E-state index contributed by atoms with van der Waals surface area (Å²) in [5, 5.41) is 12.8. The minimum atomic E-state index is -0.528. The number of hydrogen-bond acceptors (Lipinski definition) is 4. The van der Waals surface area contributed by atoms with Crippen molar-refractivity contribution in [3.63, 3.8) is 0 Å². The van der Waals surface area contributed by atoms with Crippen molar-refractivity contribution in [3.8, 4) is 0 Å². The first-order valence-electron chi connectivity index (χ1n) is 6.37. The van der Waals surface area contributed by atoms with Crippen LogP contribution in [0.3, 0.4) is 0 Å². The third-order valence-electron chi connectivity index (χ3n) is 2.88. The van der Waals surface area contributed by atoms with Crippen molar-refractivity contribution in [2.24, 2.45) is 0 Å². The molecule has 19 heavy (non-hydrogen) atoms. The summed E-state index contributed by atoms with van der Waals surface area (Å²) in [5.74, 6) is -0.352. The number of carbonyl (C=O) groups excluding carboxylic acids is 1. The Balaban J connectivity index is 2.56. The molecule has 0 fully saturated rings. The number of rotatable bonds is 7. The highest BCUT2D eigenvalue weighted by molar-refractivity contribution is 5.81. The van der Waals surface area contributed by atoms with Gasteiger partial charge in [0.2, 0.25) is 0 Å². The van der Waals surface area contributed by atoms with Crippen LogP contribution >= 0.6 is 0 Å². The molecule has 0 spiro atoms. The summed E-state index contributed by atoms with van der Waals surface area (Å²) in [6.07, 6.45) is 3.08. The summed E-state index contributed by atoms with van der Waals surface area (Å²) < 4.78 is 4.78. The summed E-state index contributed by atoms with van der Waals surface area (Å²) in [5.41, 5.74) is 0.474. The molecule has 0 radical (unpaired) electrons. The number of aliphatic hydroxyl groups is 1. The Morgan fingerprint density at radius 3 is 2.68 bits per heavy atom. The molecule has 0 aliphatic heterocycles. The van der Waals surface area contributed by atoms with Crippen molar-refractivity contribution in [2.45, 2.75) is 19.4 Å². The van der Waals surface area contributed by atoms with Gasteiger partial charge in [0.05, 0.1) is 18.8 Å². The monoisotopic (exact) mass is 263 g/mol. The lowest BCUT2D eigenvalue weighted by atomic mass is 9.93. The van der Waals surface area contributed by atoms with E-state index in [0.717, 1.165) is 5.56 Å². The molecule has 0 heterocycles. The van der Waals surface area contributed by atoms with E-state index in [0.29, 0.717) is 13.2 Å². The smallest absolute Gasteiger partial charge is 0.330 e. The highest BCUT2D eigenvalue weighted by Crippen LogP contribution is 2.19. The fourth-order valence-corrected chi connectivity index (χ4v) is 1.68. The van der Waals surface area contributed by atoms with Gasteiger partial charge in [-0.3, -0.25) is 0 Å². The van der Waals surface area contributed by atoms with Crippen LogP contribution in [-0.2, 0) is 15.1 Å². The Hall–Kier alpha value is -1.65. The van der Waals surface area contributed by atoms with Crippen LogP contribution < -0.4 is 5.32 Å². The van der Waals surface area contributed by atoms with Crippen LogP contribution in [0.15, 0.2) is 42.5 Å². The quantitative estimate of drug-likeness (QED) is 0.579. The maximum Gasteiger partial charge on any atom is 0.330 e. The van der Waals surface area contributed by atoms with Crippen molar-refractivity contribution in [3.05, 3.63) is 48.0 Å². The van der Waals surface area contributed by atoms with Crippen molar-refractivity contribution >= 4 is 5.97 Å². The molecule has 1 atom stereocenters. The van der Waals surface area contributed by atoms with Crippen LogP contribution in [0.1, 0.15) is 19.4 Å². The van der Waals surface area contributed by atoms with Gasteiger partial charge in [0.1, 0.15) is 0 Å². The molecule has 0 saturated heterocycles. The minimum Gasteiger partial charge on any atom is -0.463 e. The topological polar surface area (TPSA) is 58.6 Å². The number of aliphatic hydroxyl groups excluding tert-OH is 1. The third kappa shape index (κ3) is 4.85. The zero-order chi connectivity index (χ0) is 14.1. The van der Waals surface area contributed by atoms with Gasteiger partial charge in [-0.05, 0) is 19.4 Å². The molecule has 1 unspecified atom stereocenters. The van der Waals surface area contributed by atoms with E-state index in [-0.39, 0.29) is 12.6 Å². The summed E-state index contributed by atoms with van der Waals surface area (Å²) in [7, 11) is 0. The summed E-state index contributed by atoms with van der Waals surface area (Å²) in [4.78, 5) is 11.1. The predicted octanol–water partition coefficient (Wildman–Crippen LogP) is 1.60. The fraction of sp³-hybridized carbons (Fsp3) is 0.400. The van der Waals surface area contributed by atoms with Crippen LogP contribution in [0.25, 0.3) is 0 Å². The van der Waals surface area contributed by atoms with E-state index in [2.05, 4.69) is 5.32 Å². The standard InChI is InChI=1S/C15H21NO3/c1-3-19-14(18)10-7-11-16-15(2,12-17)13-8-5-4-6-9-13/h4-10,16-17H,3,11-12H2,1-2H3/b10-7+. The third-order valence-corrected chi connectivity index (χ3v) is 2.88. The van der Waals surface area contributed by atoms with E-state index in [1.54, 1.807) is 13.0 Å². The normalized spacial score (nSPS) is 14.3. The fourth-order valence-electron chi connectivity index (χ4n) is 1.68. The van der Waals surface area contributed by atoms with E-state index < -0.39 is 5.54 Å². The zero-order valence-electron chi connectivity index (χ0n) is 11.4. The van der Waals surface area contributed by atoms with Gasteiger partial charge in [-0.1, -0.05) is 36.4 Å². The van der Waals surface area contributed by atoms with Crippen molar-refractivity contribution in [1.82, 2.24) is 5.32 Å². The van der Waals surface area contributed by atoms with E-state index in [1.165, 1.54) is 6.08 Å². The Kier molecular flexibility index (Phi) is 6.25. The number of esters is 1. The first kappa shape index (κ1) is 15.4. The second kappa shape index (κ2) is 7.71. The summed E-state index contributed by atoms with van der Waals surface area (Å²) >= 11 is 0. The van der Waals surface area contributed by atoms with E-state index in [4.69, 9.17) is 4.74 Å². The Morgan fingerprint density at radius 1 is 1.42 bits per heavy atom. The number of carbonyl (C=O) groups is 1. The van der Waals surface area contributed by atoms with Crippen molar-refractivity contribution < 1.29 is 14.6 Å². The molecule has 4 nitrogen and oxygen atoms in total. The predicted molar refractivity (Wildman–Crippen MR) is 74.7 cm³/mol. The summed E-state index contributed by atoms with van der Waals surface area (Å²) in [6.45, 7) is 4.51. The molecule has 0 aromatic heterocycles. The zero-order valence-corrected chi connectivity index (χ0v) is 11.4. The lowest BCUT2D eigenvalue weighted by Crippen LogP contribution is -2.42. The highest BCUT2D eigenvalue weighted by Gasteiger charge is 2.23. The molecule has 2 N–H and O–H groups in total. The SMILES string of the molecule is CCOC(=O)/C=C/CNC(C)(CO)c1ccccc1. The number of nitrogens with one attached hydrogen (secondary N) is 1. The highest BCUT2D eigenvalue weighted by atomic mass is 16.5. The Bertz CT molecular complexity index is 417. The molecular formula is C15H21NO3. The van der Waals surface area contributed by atoms with Crippen LogP contribution in [0.5, 0.6) is 0 Å². The second-order valence-corrected chi connectivity index (χ2v) is 4.39. The van der Waals surface area contributed by atoms with E-state index in [9.17, 15) is 9.90 Å². The van der Waals surface area contributed by atoms with Crippen LogP contribution in [0.2, 0.25) is 0 Å².